The molecule has 0 aliphatic rings. The van der Waals surface area contributed by atoms with Gasteiger partial charge >= 0.3 is 5.97 Å². The van der Waals surface area contributed by atoms with Crippen LogP contribution in [0.25, 0.3) is 0 Å². The van der Waals surface area contributed by atoms with E-state index in [0.717, 1.165) is 37.9 Å². The number of aliphatic hydroxyl groups is 3. The maximum atomic E-state index is 12.3. The molecule has 0 rings (SSSR count). The van der Waals surface area contributed by atoms with Crippen molar-refractivity contribution in [3.63, 3.8) is 0 Å². The van der Waals surface area contributed by atoms with Crippen LogP contribution < -0.4 is 0 Å². The molecule has 0 saturated heterocycles. The molecule has 0 saturated carbocycles. The summed E-state index contributed by atoms with van der Waals surface area (Å²) >= 11 is 3.49. The Morgan fingerprint density at radius 2 is 1.50 bits per heavy atom. The molecule has 0 aromatic carbocycles. The third-order valence-electron chi connectivity index (χ3n) is 6.03. The molecule has 0 spiro atoms. The van der Waals surface area contributed by atoms with E-state index in [-0.39, 0.29) is 58.0 Å². The number of unbranched alkanes of at least 4 members (excludes halogenated alkanes) is 1. The quantitative estimate of drug-likeness (QED) is 0.0634. The Balaban J connectivity index is -0.00000150. The van der Waals surface area contributed by atoms with Crippen molar-refractivity contribution in [3.05, 3.63) is 6.92 Å². The standard InChI is InChI=1S/C24H45O6S2.C5H11O2.Y/c1-3-22(31-18-16-26)13-11-20(28)8-7-10-24(29)30-21(9-5-6-15-25)12-14-23(4-2)32-19-17-27;1-3-7-5-4-6-2;/h20-23,26-28H,3-14,16-19H2,1-2H3;1,3-5H2,2H3;/q2*-1;. The van der Waals surface area contributed by atoms with Gasteiger partial charge in [-0.3, -0.25) is 11.1 Å². The van der Waals surface area contributed by atoms with Crippen molar-refractivity contribution in [2.45, 2.75) is 114 Å². The Morgan fingerprint density at radius 3 is 2.00 bits per heavy atom. The van der Waals surface area contributed by atoms with Crippen molar-refractivity contribution >= 4 is 35.8 Å². The van der Waals surface area contributed by atoms with Crippen LogP contribution >= 0.6 is 23.5 Å². The smallest absolute Gasteiger partial charge is 0.306 e. The van der Waals surface area contributed by atoms with Crippen LogP contribution in [0.15, 0.2) is 0 Å². The van der Waals surface area contributed by atoms with Gasteiger partial charge in [-0.25, -0.2) is 0 Å². The predicted molar refractivity (Wildman–Crippen MR) is 163 cm³/mol. The van der Waals surface area contributed by atoms with Crippen molar-refractivity contribution in [1.82, 2.24) is 0 Å². The van der Waals surface area contributed by atoms with Crippen LogP contribution in [-0.2, 0) is 56.5 Å². The van der Waals surface area contributed by atoms with Crippen LogP contribution in [0.4, 0.5) is 0 Å². The van der Waals surface area contributed by atoms with E-state index in [0.29, 0.717) is 81.0 Å². The fourth-order valence-corrected chi connectivity index (χ4v) is 5.73. The van der Waals surface area contributed by atoms with Crippen LogP contribution in [-0.4, -0.2) is 102 Å². The molecule has 11 heteroatoms. The van der Waals surface area contributed by atoms with E-state index < -0.39 is 6.10 Å². The number of aliphatic hydroxyl groups excluding tert-OH is 3. The second-order valence-electron chi connectivity index (χ2n) is 9.20. The van der Waals surface area contributed by atoms with E-state index in [1.54, 1.807) is 30.6 Å². The third kappa shape index (κ3) is 31.7. The van der Waals surface area contributed by atoms with Gasteiger partial charge in [0.05, 0.1) is 32.5 Å². The van der Waals surface area contributed by atoms with Gasteiger partial charge in [0.2, 0.25) is 0 Å². The zero-order valence-corrected chi connectivity index (χ0v) is 29.7. The van der Waals surface area contributed by atoms with Crippen LogP contribution in [0, 0.1) is 6.92 Å². The molecule has 0 aliphatic heterocycles. The Morgan fingerprint density at radius 1 is 0.900 bits per heavy atom. The molecule has 0 bridgehead atoms. The molecule has 0 heterocycles. The summed E-state index contributed by atoms with van der Waals surface area (Å²) in [5, 5.41) is 29.1. The fraction of sp³-hybridized carbons (Fsp3) is 0.897. The summed E-state index contributed by atoms with van der Waals surface area (Å²) in [5.41, 5.74) is 0. The predicted octanol–water partition coefficient (Wildman–Crippen LogP) is 4.76. The molecule has 0 aliphatic carbocycles. The molecule has 4 unspecified atom stereocenters. The maximum Gasteiger partial charge on any atom is 0.306 e. The molecule has 0 amide bonds. The molecule has 4 atom stereocenters. The largest absolute Gasteiger partial charge is 0.542 e. The number of carbonyl (C=O) groups is 1. The monoisotopic (exact) mass is 685 g/mol. The Kier molecular flexibility index (Phi) is 40.6. The minimum absolute atomic E-state index is 0. The average molecular weight is 686 g/mol. The first-order chi connectivity index (χ1) is 18.9. The number of hydrogen-bond donors (Lipinski definition) is 3. The topological polar surface area (TPSA) is 123 Å². The second-order valence-corrected chi connectivity index (χ2v) is 12.0. The van der Waals surface area contributed by atoms with E-state index >= 15 is 0 Å². The third-order valence-corrected chi connectivity index (χ3v) is 8.95. The number of methoxy groups -OCH3 is 1. The van der Waals surface area contributed by atoms with Gasteiger partial charge in [-0.1, -0.05) is 26.9 Å². The Labute approximate surface area is 278 Å². The van der Waals surface area contributed by atoms with Gasteiger partial charge in [0.25, 0.3) is 0 Å². The molecule has 0 aromatic heterocycles. The van der Waals surface area contributed by atoms with E-state index in [2.05, 4.69) is 20.8 Å². The Hall–Kier alpha value is 0.744. The van der Waals surface area contributed by atoms with E-state index in [1.807, 2.05) is 6.29 Å². The van der Waals surface area contributed by atoms with Gasteiger partial charge in [-0.2, -0.15) is 29.9 Å². The molecule has 237 valence electrons. The summed E-state index contributed by atoms with van der Waals surface area (Å²) in [6, 6.07) is 0. The van der Waals surface area contributed by atoms with E-state index in [9.17, 15) is 14.7 Å². The minimum Gasteiger partial charge on any atom is -0.542 e. The Bertz CT molecular complexity index is 530. The van der Waals surface area contributed by atoms with Crippen molar-refractivity contribution in [2.75, 3.05) is 51.6 Å². The summed E-state index contributed by atoms with van der Waals surface area (Å²) in [6.07, 6.45) is 9.74. The zero-order chi connectivity index (χ0) is 29.6. The van der Waals surface area contributed by atoms with Crippen molar-refractivity contribution in [2.24, 2.45) is 0 Å². The number of thioether (sulfide) groups is 2. The van der Waals surface area contributed by atoms with Gasteiger partial charge in [-0.15, -0.1) is 0 Å². The number of hydrogen-bond acceptors (Lipinski definition) is 10. The van der Waals surface area contributed by atoms with Gasteiger partial charge < -0.3 is 41.2 Å². The van der Waals surface area contributed by atoms with E-state index in [1.165, 1.54) is 0 Å². The normalized spacial score (nSPS) is 13.8. The van der Waals surface area contributed by atoms with Crippen LogP contribution in [0.1, 0.15) is 90.9 Å². The average Bonchev–Trinajstić information content (AvgIpc) is 2.93. The first-order valence-corrected chi connectivity index (χ1v) is 16.5. The maximum absolute atomic E-state index is 12.3. The van der Waals surface area contributed by atoms with Crippen LogP contribution in [0.3, 0.4) is 0 Å². The number of rotatable bonds is 27. The summed E-state index contributed by atoms with van der Waals surface area (Å²) in [7, 11) is 1.65. The van der Waals surface area contributed by atoms with E-state index in [4.69, 9.17) is 24.4 Å². The molecule has 0 aromatic rings. The molecule has 0 fully saturated rings. The van der Waals surface area contributed by atoms with Gasteiger partial charge in [0.1, 0.15) is 6.10 Å². The second kappa shape index (κ2) is 35.9. The van der Waals surface area contributed by atoms with Gasteiger partial charge in [0, 0.05) is 68.2 Å². The molecule has 1 radical (unpaired) electrons. The van der Waals surface area contributed by atoms with Crippen molar-refractivity contribution < 1.29 is 71.8 Å². The molecular formula is C29H56O8S2Y-2. The molecule has 8 nitrogen and oxygen atoms in total. The van der Waals surface area contributed by atoms with Crippen LogP contribution in [0.2, 0.25) is 0 Å². The number of ether oxygens (including phenoxy) is 3. The van der Waals surface area contributed by atoms with Gasteiger partial charge in [0.15, 0.2) is 0 Å². The summed E-state index contributed by atoms with van der Waals surface area (Å²) in [6.45, 7) is 9.92. The zero-order valence-electron chi connectivity index (χ0n) is 25.2. The van der Waals surface area contributed by atoms with Gasteiger partial charge in [-0.05, 0) is 57.8 Å². The number of esters is 1. The summed E-state index contributed by atoms with van der Waals surface area (Å²) < 4.78 is 15.2. The molecular weight excluding hydrogens is 629 g/mol. The first-order valence-electron chi connectivity index (χ1n) is 14.4. The fourth-order valence-electron chi connectivity index (χ4n) is 3.78. The summed E-state index contributed by atoms with van der Waals surface area (Å²) in [4.78, 5) is 22.9. The van der Waals surface area contributed by atoms with Crippen molar-refractivity contribution in [3.8, 4) is 0 Å². The summed E-state index contributed by atoms with van der Waals surface area (Å²) in [5.74, 6) is 1.20. The number of carbonyl (C=O) groups excluding carboxylic acids is 2. The molecule has 40 heavy (non-hydrogen) atoms. The SMILES string of the molecule is CCC(CCC(O)CCCC(=O)OC(CCC[C-]=O)CCC(CC)SCCO)SCCO.[CH2-]COCCOC.[Y]. The van der Waals surface area contributed by atoms with Crippen LogP contribution in [0.5, 0.6) is 0 Å². The first kappa shape index (κ1) is 45.2. The molecule has 3 N–H and O–H groups in total. The van der Waals surface area contributed by atoms with Crippen molar-refractivity contribution in [1.29, 1.82) is 0 Å². The minimum atomic E-state index is -0.417.